The van der Waals surface area contributed by atoms with Gasteiger partial charge in [-0.05, 0) is 24.1 Å². The SMILES string of the molecule is N[C@@H](CC(=O)N1CCn2c(C(F)(F)F)nc(-c3cccc(Cl)c3Cl)c2C1)Cc1cc(F)c(F)cc1F. The lowest BCUT2D eigenvalue weighted by Crippen LogP contribution is -2.42. The van der Waals surface area contributed by atoms with Gasteiger partial charge in [0.25, 0.3) is 0 Å². The van der Waals surface area contributed by atoms with Crippen molar-refractivity contribution in [2.75, 3.05) is 6.54 Å². The van der Waals surface area contributed by atoms with E-state index < -0.39 is 41.4 Å². The molecule has 5 nitrogen and oxygen atoms in total. The van der Waals surface area contributed by atoms with Crippen molar-refractivity contribution in [3.63, 3.8) is 0 Å². The minimum Gasteiger partial charge on any atom is -0.335 e. The van der Waals surface area contributed by atoms with Gasteiger partial charge in [-0.1, -0.05) is 35.3 Å². The highest BCUT2D eigenvalue weighted by molar-refractivity contribution is 6.43. The molecule has 192 valence electrons. The van der Waals surface area contributed by atoms with E-state index in [0.29, 0.717) is 12.1 Å². The number of imidazole rings is 1. The summed E-state index contributed by atoms with van der Waals surface area (Å²) >= 11 is 12.3. The van der Waals surface area contributed by atoms with Crippen LogP contribution in [0.4, 0.5) is 26.3 Å². The number of fused-ring (bicyclic) bond motifs is 1. The lowest BCUT2D eigenvalue weighted by molar-refractivity contribution is -0.148. The van der Waals surface area contributed by atoms with Crippen molar-refractivity contribution in [3.8, 4) is 11.3 Å². The lowest BCUT2D eigenvalue weighted by Gasteiger charge is -2.30. The smallest absolute Gasteiger partial charge is 0.335 e. The van der Waals surface area contributed by atoms with Crippen LogP contribution in [0.15, 0.2) is 30.3 Å². The van der Waals surface area contributed by atoms with Crippen molar-refractivity contribution in [2.24, 2.45) is 5.73 Å². The minimum atomic E-state index is -4.75. The number of benzene rings is 2. The number of alkyl halides is 3. The molecule has 0 unspecified atom stereocenters. The molecule has 0 fully saturated rings. The van der Waals surface area contributed by atoms with Crippen LogP contribution in [0.25, 0.3) is 11.3 Å². The molecular formula is C23H18Cl2F6N4O. The third kappa shape index (κ3) is 5.18. The molecule has 1 amide bonds. The van der Waals surface area contributed by atoms with E-state index in [1.807, 2.05) is 0 Å². The molecule has 0 radical (unpaired) electrons. The monoisotopic (exact) mass is 550 g/mol. The largest absolute Gasteiger partial charge is 0.449 e. The van der Waals surface area contributed by atoms with Gasteiger partial charge in [0, 0.05) is 37.2 Å². The quantitative estimate of drug-likeness (QED) is 0.332. The highest BCUT2D eigenvalue weighted by atomic mass is 35.5. The van der Waals surface area contributed by atoms with Crippen LogP contribution in [0.2, 0.25) is 10.0 Å². The zero-order valence-corrected chi connectivity index (χ0v) is 19.9. The molecule has 3 aromatic rings. The van der Waals surface area contributed by atoms with Gasteiger partial charge < -0.3 is 15.2 Å². The third-order valence-electron chi connectivity index (χ3n) is 5.83. The van der Waals surface area contributed by atoms with E-state index in [4.69, 9.17) is 28.9 Å². The fourth-order valence-electron chi connectivity index (χ4n) is 4.13. The molecule has 36 heavy (non-hydrogen) atoms. The second kappa shape index (κ2) is 9.95. The van der Waals surface area contributed by atoms with Crippen LogP contribution in [0.3, 0.4) is 0 Å². The van der Waals surface area contributed by atoms with Gasteiger partial charge in [-0.3, -0.25) is 4.79 Å². The van der Waals surface area contributed by atoms with Crippen LogP contribution in [-0.2, 0) is 30.5 Å². The second-order valence-electron chi connectivity index (χ2n) is 8.32. The minimum absolute atomic E-state index is 0.0211. The number of nitrogens with two attached hydrogens (primary N) is 1. The predicted octanol–water partition coefficient (Wildman–Crippen LogP) is 5.60. The number of halogens is 8. The van der Waals surface area contributed by atoms with Crippen LogP contribution in [-0.4, -0.2) is 32.9 Å². The maximum Gasteiger partial charge on any atom is 0.449 e. The Morgan fingerprint density at radius 3 is 2.47 bits per heavy atom. The van der Waals surface area contributed by atoms with Crippen molar-refractivity contribution < 1.29 is 31.1 Å². The summed E-state index contributed by atoms with van der Waals surface area (Å²) in [6, 6.07) is 4.60. The van der Waals surface area contributed by atoms with Crippen LogP contribution < -0.4 is 5.73 Å². The molecule has 0 aliphatic carbocycles. The van der Waals surface area contributed by atoms with Gasteiger partial charge in [-0.25, -0.2) is 18.2 Å². The number of hydrogen-bond donors (Lipinski definition) is 1. The van der Waals surface area contributed by atoms with Crippen molar-refractivity contribution in [1.82, 2.24) is 14.5 Å². The van der Waals surface area contributed by atoms with Gasteiger partial charge >= 0.3 is 6.18 Å². The Morgan fingerprint density at radius 2 is 1.78 bits per heavy atom. The number of amides is 1. The van der Waals surface area contributed by atoms with Crippen LogP contribution in [0.1, 0.15) is 23.5 Å². The number of aromatic nitrogens is 2. The van der Waals surface area contributed by atoms with E-state index in [-0.39, 0.29) is 65.0 Å². The molecule has 2 heterocycles. The molecule has 1 aromatic heterocycles. The van der Waals surface area contributed by atoms with Gasteiger partial charge in [-0.15, -0.1) is 0 Å². The van der Waals surface area contributed by atoms with Crippen LogP contribution in [0.5, 0.6) is 0 Å². The standard InChI is InChI=1S/C23H18Cl2F6N4O/c24-14-3-1-2-13(20(14)25)21-18-10-34(4-5-35(18)22(33-21)23(29,30)31)19(36)8-12(32)6-11-7-16(27)17(28)9-15(11)26/h1-3,7,9,12H,4-6,8,10,32H2/t12-/m1/s1. The zero-order valence-electron chi connectivity index (χ0n) is 18.4. The number of carbonyl (C=O) groups excluding carboxylic acids is 1. The normalized spacial score (nSPS) is 14.6. The van der Waals surface area contributed by atoms with Gasteiger partial charge in [-0.2, -0.15) is 13.2 Å². The Kier molecular flexibility index (Phi) is 7.27. The highest BCUT2D eigenvalue weighted by Gasteiger charge is 2.41. The maximum atomic E-state index is 13.9. The number of carbonyl (C=O) groups is 1. The second-order valence-corrected chi connectivity index (χ2v) is 9.11. The number of rotatable bonds is 5. The number of nitrogens with zero attached hydrogens (tertiary/aromatic N) is 3. The fourth-order valence-corrected chi connectivity index (χ4v) is 4.52. The predicted molar refractivity (Wildman–Crippen MR) is 121 cm³/mol. The first-order valence-electron chi connectivity index (χ1n) is 10.6. The van der Waals surface area contributed by atoms with Crippen molar-refractivity contribution in [3.05, 3.63) is 74.9 Å². The van der Waals surface area contributed by atoms with Gasteiger partial charge in [0.05, 0.1) is 28.0 Å². The van der Waals surface area contributed by atoms with E-state index in [2.05, 4.69) is 4.98 Å². The molecular weight excluding hydrogens is 533 g/mol. The average molecular weight is 551 g/mol. The first-order chi connectivity index (χ1) is 16.9. The molecule has 13 heteroatoms. The molecule has 0 bridgehead atoms. The van der Waals surface area contributed by atoms with Crippen molar-refractivity contribution >= 4 is 29.1 Å². The summed E-state index contributed by atoms with van der Waals surface area (Å²) in [7, 11) is 0. The summed E-state index contributed by atoms with van der Waals surface area (Å²) in [5, 5.41) is 0.150. The summed E-state index contributed by atoms with van der Waals surface area (Å²) in [5.41, 5.74) is 6.00. The highest BCUT2D eigenvalue weighted by Crippen LogP contribution is 2.39. The molecule has 1 aliphatic rings. The summed E-state index contributed by atoms with van der Waals surface area (Å²) in [4.78, 5) is 18.0. The van der Waals surface area contributed by atoms with E-state index in [0.717, 1.165) is 4.57 Å². The molecule has 2 N–H and O–H groups in total. The van der Waals surface area contributed by atoms with E-state index in [1.54, 1.807) is 0 Å². The zero-order chi connectivity index (χ0) is 26.4. The topological polar surface area (TPSA) is 64.2 Å². The van der Waals surface area contributed by atoms with Crippen molar-refractivity contribution in [2.45, 2.75) is 38.1 Å². The summed E-state index contributed by atoms with van der Waals surface area (Å²) < 4.78 is 82.6. The summed E-state index contributed by atoms with van der Waals surface area (Å²) in [6.45, 7) is -0.458. The summed E-state index contributed by atoms with van der Waals surface area (Å²) in [6.07, 6.45) is -5.30. The van der Waals surface area contributed by atoms with E-state index in [9.17, 15) is 31.1 Å². The fraction of sp³-hybridized carbons (Fsp3) is 0.304. The third-order valence-corrected chi connectivity index (χ3v) is 6.65. The Morgan fingerprint density at radius 1 is 1.08 bits per heavy atom. The number of hydrogen-bond acceptors (Lipinski definition) is 3. The average Bonchev–Trinajstić information content (AvgIpc) is 3.18. The van der Waals surface area contributed by atoms with E-state index in [1.165, 1.54) is 23.1 Å². The first kappa shape index (κ1) is 26.3. The van der Waals surface area contributed by atoms with Gasteiger partial charge in [0.15, 0.2) is 11.6 Å². The summed E-state index contributed by atoms with van der Waals surface area (Å²) in [5.74, 6) is -5.22. The molecule has 0 saturated heterocycles. The van der Waals surface area contributed by atoms with Gasteiger partial charge in [0.1, 0.15) is 5.82 Å². The van der Waals surface area contributed by atoms with Crippen molar-refractivity contribution in [1.29, 1.82) is 0 Å². The van der Waals surface area contributed by atoms with E-state index >= 15 is 0 Å². The lowest BCUT2D eigenvalue weighted by atomic mass is 10.0. The first-order valence-corrected chi connectivity index (χ1v) is 11.4. The van der Waals surface area contributed by atoms with Crippen LogP contribution >= 0.6 is 23.2 Å². The molecule has 1 aliphatic heterocycles. The Labute approximate surface area is 211 Å². The van der Waals surface area contributed by atoms with Crippen LogP contribution in [0, 0.1) is 17.5 Å². The molecule has 1 atom stereocenters. The Bertz CT molecular complexity index is 1330. The van der Waals surface area contributed by atoms with Gasteiger partial charge in [0.2, 0.25) is 11.7 Å². The molecule has 0 saturated carbocycles. The molecule has 4 rings (SSSR count). The molecule has 2 aromatic carbocycles. The maximum absolute atomic E-state index is 13.9. The Hall–Kier alpha value is -2.76. The molecule has 0 spiro atoms. The Balaban J connectivity index is 1.58.